The minimum atomic E-state index is 0.162. The van der Waals surface area contributed by atoms with E-state index in [0.29, 0.717) is 12.4 Å². The van der Waals surface area contributed by atoms with Crippen molar-refractivity contribution in [1.82, 2.24) is 4.90 Å². The first-order valence-corrected chi connectivity index (χ1v) is 8.46. The van der Waals surface area contributed by atoms with Gasteiger partial charge in [-0.15, -0.1) is 23.1 Å². The number of hydrogen-bond acceptors (Lipinski definition) is 3. The Balaban J connectivity index is 2.03. The lowest BCUT2D eigenvalue weighted by molar-refractivity contribution is 0.491. The van der Waals surface area contributed by atoms with Crippen LogP contribution in [0.25, 0.3) is 0 Å². The molecule has 0 amide bonds. The molecule has 6 heteroatoms. The fourth-order valence-corrected chi connectivity index (χ4v) is 3.20. The first kappa shape index (κ1) is 15.6. The summed E-state index contributed by atoms with van der Waals surface area (Å²) in [5.74, 6) is 0.556. The Bertz CT molecular complexity index is 634. The number of hydrogen-bond donors (Lipinski definition) is 2. The summed E-state index contributed by atoms with van der Waals surface area (Å²) in [5, 5.41) is 8.03. The Morgan fingerprint density at radius 2 is 2.00 bits per heavy atom. The van der Waals surface area contributed by atoms with Crippen molar-refractivity contribution in [2.75, 3.05) is 13.3 Å². The second kappa shape index (κ2) is 7.28. The number of aliphatic imine (C=N–C) groups is 1. The number of nitrogens with zero attached hydrogens (tertiary/aromatic N) is 2. The van der Waals surface area contributed by atoms with Crippen LogP contribution in [0.1, 0.15) is 10.4 Å². The summed E-state index contributed by atoms with van der Waals surface area (Å²) in [6.07, 6.45) is 2.03. The molecule has 0 fully saturated rings. The van der Waals surface area contributed by atoms with E-state index in [-0.39, 0.29) is 5.96 Å². The van der Waals surface area contributed by atoms with Crippen LogP contribution in [0.5, 0.6) is 0 Å². The highest BCUT2D eigenvalue weighted by molar-refractivity contribution is 8.00. The number of thiophene rings is 1. The molecule has 0 unspecified atom stereocenters. The number of thioether (sulfide) groups is 1. The van der Waals surface area contributed by atoms with Gasteiger partial charge in [-0.05, 0) is 24.0 Å². The summed E-state index contributed by atoms with van der Waals surface area (Å²) in [5.41, 5.74) is 7.12. The number of rotatable bonds is 4. The predicted molar refractivity (Wildman–Crippen MR) is 92.5 cm³/mol. The Labute approximate surface area is 133 Å². The van der Waals surface area contributed by atoms with Crippen LogP contribution in [0.2, 0.25) is 0 Å². The molecule has 21 heavy (non-hydrogen) atoms. The number of guanidine groups is 1. The predicted octanol–water partition coefficient (Wildman–Crippen LogP) is 3.24. The highest BCUT2D eigenvalue weighted by Gasteiger charge is 2.08. The average Bonchev–Trinajstić information content (AvgIpc) is 2.97. The number of nitrogens with one attached hydrogen (secondary N) is 1. The highest BCUT2D eigenvalue weighted by Crippen LogP contribution is 2.24. The molecule has 0 aliphatic rings. The Kier molecular flexibility index (Phi) is 5.41. The number of nitrogens with two attached hydrogens (primary N) is 1. The van der Waals surface area contributed by atoms with Crippen LogP contribution in [0.15, 0.2) is 51.7 Å². The summed E-state index contributed by atoms with van der Waals surface area (Å²) in [6, 6.07) is 14.0. The van der Waals surface area contributed by atoms with Crippen LogP contribution in [-0.2, 0) is 6.54 Å². The van der Waals surface area contributed by atoms with E-state index in [1.54, 1.807) is 28.0 Å². The first-order chi connectivity index (χ1) is 10.1. The number of benzene rings is 1. The SMILES string of the molecule is CSc1ccc(C(N)=NC(=N)N(C)Cc2ccccc2)s1. The molecule has 0 aliphatic heterocycles. The lowest BCUT2D eigenvalue weighted by Gasteiger charge is -2.17. The summed E-state index contributed by atoms with van der Waals surface area (Å²) < 4.78 is 1.19. The second-order valence-electron chi connectivity index (χ2n) is 4.49. The van der Waals surface area contributed by atoms with Crippen molar-refractivity contribution in [1.29, 1.82) is 5.41 Å². The van der Waals surface area contributed by atoms with Gasteiger partial charge >= 0.3 is 0 Å². The molecule has 1 aromatic heterocycles. The molecule has 3 N–H and O–H groups in total. The van der Waals surface area contributed by atoms with Crippen LogP contribution in [0, 0.1) is 5.41 Å². The van der Waals surface area contributed by atoms with E-state index in [1.165, 1.54) is 4.21 Å². The van der Waals surface area contributed by atoms with E-state index in [4.69, 9.17) is 11.1 Å². The molecule has 0 spiro atoms. The molecule has 1 aromatic carbocycles. The molecule has 2 rings (SSSR count). The van der Waals surface area contributed by atoms with Crippen LogP contribution in [0.4, 0.5) is 0 Å². The maximum Gasteiger partial charge on any atom is 0.219 e. The third-order valence-electron chi connectivity index (χ3n) is 2.89. The largest absolute Gasteiger partial charge is 0.382 e. The molecule has 110 valence electrons. The molecular formula is C15H18N4S2. The zero-order valence-electron chi connectivity index (χ0n) is 12.0. The van der Waals surface area contributed by atoms with E-state index in [0.717, 1.165) is 10.4 Å². The van der Waals surface area contributed by atoms with E-state index in [2.05, 4.69) is 4.99 Å². The molecular weight excluding hydrogens is 300 g/mol. The third-order valence-corrected chi connectivity index (χ3v) is 5.08. The summed E-state index contributed by atoms with van der Waals surface area (Å²) in [4.78, 5) is 6.87. The van der Waals surface area contributed by atoms with Crippen molar-refractivity contribution in [3.8, 4) is 0 Å². The normalized spacial score (nSPS) is 11.4. The molecule has 0 aliphatic carbocycles. The van der Waals surface area contributed by atoms with Crippen LogP contribution in [0.3, 0.4) is 0 Å². The molecule has 0 saturated carbocycles. The van der Waals surface area contributed by atoms with Crippen LogP contribution in [-0.4, -0.2) is 30.0 Å². The van der Waals surface area contributed by atoms with Gasteiger partial charge in [-0.3, -0.25) is 5.41 Å². The zero-order chi connectivity index (χ0) is 15.2. The van der Waals surface area contributed by atoms with Crippen molar-refractivity contribution >= 4 is 34.9 Å². The second-order valence-corrected chi connectivity index (χ2v) is 6.68. The summed E-state index contributed by atoms with van der Waals surface area (Å²) >= 11 is 3.27. The highest BCUT2D eigenvalue weighted by atomic mass is 32.2. The molecule has 0 saturated heterocycles. The van der Waals surface area contributed by atoms with Crippen molar-refractivity contribution in [3.05, 3.63) is 52.9 Å². The van der Waals surface area contributed by atoms with Gasteiger partial charge in [0.1, 0.15) is 5.84 Å². The quantitative estimate of drug-likeness (QED) is 0.517. The monoisotopic (exact) mass is 318 g/mol. The fraction of sp³-hybridized carbons (Fsp3) is 0.200. The minimum Gasteiger partial charge on any atom is -0.382 e. The Morgan fingerprint density at radius 3 is 2.62 bits per heavy atom. The first-order valence-electron chi connectivity index (χ1n) is 6.42. The van der Waals surface area contributed by atoms with Crippen LogP contribution < -0.4 is 5.73 Å². The molecule has 0 radical (unpaired) electrons. The topological polar surface area (TPSA) is 65.5 Å². The minimum absolute atomic E-state index is 0.162. The Hall–Kier alpha value is -1.79. The summed E-state index contributed by atoms with van der Waals surface area (Å²) in [6.45, 7) is 0.636. The van der Waals surface area contributed by atoms with Gasteiger partial charge in [0.25, 0.3) is 0 Å². The van der Waals surface area contributed by atoms with Crippen molar-refractivity contribution < 1.29 is 0 Å². The molecule has 2 aromatic rings. The van der Waals surface area contributed by atoms with Gasteiger partial charge < -0.3 is 10.6 Å². The zero-order valence-corrected chi connectivity index (χ0v) is 13.7. The smallest absolute Gasteiger partial charge is 0.219 e. The van der Waals surface area contributed by atoms with Crippen molar-refractivity contribution in [3.63, 3.8) is 0 Å². The Morgan fingerprint density at radius 1 is 1.29 bits per heavy atom. The lowest BCUT2D eigenvalue weighted by Crippen LogP contribution is -2.26. The molecule has 1 heterocycles. The maximum absolute atomic E-state index is 8.03. The van der Waals surface area contributed by atoms with Gasteiger partial charge in [0, 0.05) is 13.6 Å². The van der Waals surface area contributed by atoms with E-state index >= 15 is 0 Å². The van der Waals surface area contributed by atoms with Gasteiger partial charge in [-0.2, -0.15) is 4.99 Å². The molecule has 0 bridgehead atoms. The van der Waals surface area contributed by atoms with Gasteiger partial charge in [0.2, 0.25) is 5.96 Å². The van der Waals surface area contributed by atoms with Gasteiger partial charge in [-0.25, -0.2) is 0 Å². The van der Waals surface area contributed by atoms with Gasteiger partial charge in [-0.1, -0.05) is 30.3 Å². The van der Waals surface area contributed by atoms with Gasteiger partial charge in [0.05, 0.1) is 9.09 Å². The van der Waals surface area contributed by atoms with E-state index in [1.807, 2.05) is 55.8 Å². The maximum atomic E-state index is 8.03. The van der Waals surface area contributed by atoms with E-state index in [9.17, 15) is 0 Å². The van der Waals surface area contributed by atoms with Crippen molar-refractivity contribution in [2.24, 2.45) is 10.7 Å². The lowest BCUT2D eigenvalue weighted by atomic mass is 10.2. The van der Waals surface area contributed by atoms with Gasteiger partial charge in [0.15, 0.2) is 0 Å². The number of amidine groups is 1. The van der Waals surface area contributed by atoms with E-state index < -0.39 is 0 Å². The summed E-state index contributed by atoms with van der Waals surface area (Å²) in [7, 11) is 1.84. The molecule has 0 atom stereocenters. The fourth-order valence-electron chi connectivity index (χ4n) is 1.75. The molecule has 4 nitrogen and oxygen atoms in total. The van der Waals surface area contributed by atoms with Crippen molar-refractivity contribution in [2.45, 2.75) is 10.8 Å². The average molecular weight is 318 g/mol. The third kappa shape index (κ3) is 4.34. The van der Waals surface area contributed by atoms with Crippen LogP contribution >= 0.6 is 23.1 Å². The standard InChI is InChI=1S/C15H18N4S2/c1-19(10-11-6-4-3-5-7-11)15(17)18-14(16)12-8-9-13(20-2)21-12/h3-9H,10H2,1-2H3,(H3,16,17,18).